The summed E-state index contributed by atoms with van der Waals surface area (Å²) < 4.78 is 5.37. The van der Waals surface area contributed by atoms with Gasteiger partial charge in [-0.1, -0.05) is 6.08 Å². The number of hydrogen-bond acceptors (Lipinski definition) is 7. The lowest BCUT2D eigenvalue weighted by Crippen LogP contribution is -3.15. The van der Waals surface area contributed by atoms with E-state index in [2.05, 4.69) is 11.9 Å². The van der Waals surface area contributed by atoms with E-state index in [4.69, 9.17) is 4.74 Å². The highest BCUT2D eigenvalue weighted by Gasteiger charge is 2.49. The lowest BCUT2D eigenvalue weighted by atomic mass is 9.96. The normalized spacial score (nSPS) is 43.7. The predicted molar refractivity (Wildman–Crippen MR) is 80.4 cm³/mol. The third-order valence-electron chi connectivity index (χ3n) is 5.19. The maximum Gasteiger partial charge on any atom is 0.226 e. The Bertz CT molecular complexity index is 551. The largest absolute Gasteiger partial charge is 0.547 e. The average molecular weight is 340 g/mol. The van der Waals surface area contributed by atoms with E-state index in [1.807, 2.05) is 12.2 Å². The molecule has 3 aliphatic heterocycles. The standard InChI is InChI=1S/C16H24N2O6/c1-17-6-3-5-10(17)9-4-2-7-18(8-9)15-13(21)11(19)12(20)14(24-15)16(22)23/h2,4,7,10-15,19-21H,3,5-6,8H2,1H3,(H,22,23)/t10-,11?,12?,13?,14?,15?/m0/s1. The molecule has 0 saturated carbocycles. The van der Waals surface area contributed by atoms with Crippen molar-refractivity contribution in [1.82, 2.24) is 4.90 Å². The number of aliphatic hydroxyl groups is 3. The predicted octanol–water partition coefficient (Wildman–Crippen LogP) is -4.02. The average Bonchev–Trinajstić information content (AvgIpc) is 2.99. The minimum Gasteiger partial charge on any atom is -0.547 e. The fourth-order valence-electron chi connectivity index (χ4n) is 3.83. The molecule has 0 aromatic heterocycles. The monoisotopic (exact) mass is 340 g/mol. The van der Waals surface area contributed by atoms with E-state index >= 15 is 0 Å². The lowest BCUT2D eigenvalue weighted by molar-refractivity contribution is -0.905. The Balaban J connectivity index is 1.75. The van der Waals surface area contributed by atoms with E-state index in [1.165, 1.54) is 5.57 Å². The third-order valence-corrected chi connectivity index (χ3v) is 5.19. The van der Waals surface area contributed by atoms with E-state index in [9.17, 15) is 25.2 Å². The molecule has 0 bridgehead atoms. The summed E-state index contributed by atoms with van der Waals surface area (Å²) in [4.78, 5) is 14.1. The summed E-state index contributed by atoms with van der Waals surface area (Å²) in [6.07, 6.45) is 0.462. The van der Waals surface area contributed by atoms with Gasteiger partial charge in [0.15, 0.2) is 6.10 Å². The van der Waals surface area contributed by atoms with Gasteiger partial charge in [0, 0.05) is 11.6 Å². The van der Waals surface area contributed by atoms with Crippen LogP contribution in [0.4, 0.5) is 0 Å². The molecule has 24 heavy (non-hydrogen) atoms. The molecule has 3 heterocycles. The minimum absolute atomic E-state index is 0.318. The number of nitrogens with one attached hydrogen (secondary N) is 1. The smallest absolute Gasteiger partial charge is 0.226 e. The Labute approximate surface area is 140 Å². The van der Waals surface area contributed by atoms with E-state index in [1.54, 1.807) is 6.20 Å². The number of likely N-dealkylation sites (tertiary alicyclic amines) is 1. The van der Waals surface area contributed by atoms with Crippen LogP contribution >= 0.6 is 0 Å². The van der Waals surface area contributed by atoms with Gasteiger partial charge in [-0.15, -0.1) is 0 Å². The second kappa shape index (κ2) is 6.91. The van der Waals surface area contributed by atoms with Crippen LogP contribution in [0.2, 0.25) is 0 Å². The molecule has 0 amide bonds. The molecule has 0 radical (unpaired) electrons. The van der Waals surface area contributed by atoms with Crippen molar-refractivity contribution in [3.63, 3.8) is 0 Å². The van der Waals surface area contributed by atoms with Gasteiger partial charge >= 0.3 is 0 Å². The van der Waals surface area contributed by atoms with Crippen molar-refractivity contribution in [2.45, 2.75) is 49.5 Å². The maximum absolute atomic E-state index is 11.1. The molecule has 6 unspecified atom stereocenters. The second-order valence-electron chi connectivity index (χ2n) is 6.76. The molecule has 0 spiro atoms. The summed E-state index contributed by atoms with van der Waals surface area (Å²) >= 11 is 0. The first-order chi connectivity index (χ1) is 11.4. The van der Waals surface area contributed by atoms with Crippen molar-refractivity contribution in [2.24, 2.45) is 0 Å². The van der Waals surface area contributed by atoms with Gasteiger partial charge in [-0.05, 0) is 32.5 Å². The molecule has 0 aliphatic carbocycles. The minimum atomic E-state index is -1.72. The number of hydrogen-bond donors (Lipinski definition) is 4. The first-order valence-electron chi connectivity index (χ1n) is 8.23. The van der Waals surface area contributed by atoms with Gasteiger partial charge in [0.05, 0.1) is 12.2 Å². The fraction of sp³-hybridized carbons (Fsp3) is 0.688. The summed E-state index contributed by atoms with van der Waals surface area (Å²) in [6, 6.07) is 0.318. The highest BCUT2D eigenvalue weighted by Crippen LogP contribution is 2.23. The number of carbonyl (C=O) groups excluding carboxylic acids is 1. The van der Waals surface area contributed by atoms with Crippen LogP contribution in [0.25, 0.3) is 0 Å². The Hall–Kier alpha value is -1.29. The Morgan fingerprint density at radius 3 is 2.71 bits per heavy atom. The molecule has 3 aliphatic rings. The summed E-state index contributed by atoms with van der Waals surface area (Å²) in [5.41, 5.74) is 1.17. The van der Waals surface area contributed by atoms with Gasteiger partial charge in [-0.25, -0.2) is 0 Å². The number of aliphatic hydroxyl groups excluding tert-OH is 3. The summed E-state index contributed by atoms with van der Waals surface area (Å²) in [6.45, 7) is 1.57. The van der Waals surface area contributed by atoms with Gasteiger partial charge in [0.25, 0.3) is 0 Å². The molecule has 8 nitrogen and oxygen atoms in total. The van der Waals surface area contributed by atoms with Gasteiger partial charge in [-0.2, -0.15) is 0 Å². The van der Waals surface area contributed by atoms with Crippen LogP contribution in [0, 0.1) is 0 Å². The Kier molecular flexibility index (Phi) is 5.05. The lowest BCUT2D eigenvalue weighted by Gasteiger charge is -2.42. The molecule has 0 aromatic carbocycles. The number of carbonyl (C=O) groups is 1. The molecule has 0 aromatic rings. The van der Waals surface area contributed by atoms with Crippen molar-refractivity contribution in [3.8, 4) is 0 Å². The van der Waals surface area contributed by atoms with E-state index in [0.717, 1.165) is 19.4 Å². The number of rotatable bonds is 3. The van der Waals surface area contributed by atoms with Crippen molar-refractivity contribution < 1.29 is 34.9 Å². The Morgan fingerprint density at radius 1 is 1.33 bits per heavy atom. The van der Waals surface area contributed by atoms with Gasteiger partial charge in [0.2, 0.25) is 6.23 Å². The van der Waals surface area contributed by atoms with E-state index in [-0.39, 0.29) is 0 Å². The topological polar surface area (TPSA) is 118 Å². The molecular formula is C16H24N2O6. The van der Waals surface area contributed by atoms with Crippen molar-refractivity contribution in [1.29, 1.82) is 0 Å². The highest BCUT2D eigenvalue weighted by molar-refractivity contribution is 5.71. The van der Waals surface area contributed by atoms with Crippen LogP contribution in [-0.4, -0.2) is 83.0 Å². The maximum atomic E-state index is 11.1. The number of aliphatic carboxylic acids is 1. The van der Waals surface area contributed by atoms with Crippen molar-refractivity contribution in [3.05, 3.63) is 23.9 Å². The van der Waals surface area contributed by atoms with Crippen LogP contribution in [-0.2, 0) is 9.53 Å². The number of quaternary nitrogens is 1. The van der Waals surface area contributed by atoms with Crippen LogP contribution in [0.1, 0.15) is 12.8 Å². The van der Waals surface area contributed by atoms with Gasteiger partial charge in [-0.3, -0.25) is 9.80 Å². The number of carboxylic acid groups (broad SMARTS) is 1. The molecule has 7 atom stereocenters. The quantitative estimate of drug-likeness (QED) is 0.413. The van der Waals surface area contributed by atoms with Crippen LogP contribution < -0.4 is 10.0 Å². The second-order valence-corrected chi connectivity index (χ2v) is 6.76. The van der Waals surface area contributed by atoms with Crippen LogP contribution in [0.3, 0.4) is 0 Å². The first-order valence-corrected chi connectivity index (χ1v) is 8.23. The third kappa shape index (κ3) is 3.13. The molecule has 134 valence electrons. The molecule has 3 rings (SSSR count). The zero-order valence-electron chi connectivity index (χ0n) is 13.5. The first kappa shape index (κ1) is 17.5. The number of allylic oxidation sites excluding steroid dienone is 2. The molecule has 2 saturated heterocycles. The van der Waals surface area contributed by atoms with Gasteiger partial charge < -0.3 is 30.0 Å². The number of likely N-dealkylation sites (N-methyl/N-ethyl adjacent to an activating group) is 1. The number of carboxylic acids is 1. The van der Waals surface area contributed by atoms with Crippen LogP contribution in [0.15, 0.2) is 23.9 Å². The molecule has 2 fully saturated rings. The summed E-state index contributed by atoms with van der Waals surface area (Å²) in [7, 11) is 2.06. The fourth-order valence-corrected chi connectivity index (χ4v) is 3.83. The molecular weight excluding hydrogens is 316 g/mol. The molecule has 8 heteroatoms. The highest BCUT2D eigenvalue weighted by atomic mass is 16.6. The van der Waals surface area contributed by atoms with E-state index in [0.29, 0.717) is 17.5 Å². The molecule has 4 N–H and O–H groups in total. The number of nitrogens with zero attached hydrogens (tertiary/aromatic N) is 1. The zero-order valence-corrected chi connectivity index (χ0v) is 13.5. The zero-order chi connectivity index (χ0) is 17.4. The number of ether oxygens (including phenoxy) is 1. The summed E-state index contributed by atoms with van der Waals surface area (Å²) in [5, 5.41) is 41.1. The Morgan fingerprint density at radius 2 is 2.08 bits per heavy atom. The van der Waals surface area contributed by atoms with Crippen molar-refractivity contribution >= 4 is 5.97 Å². The van der Waals surface area contributed by atoms with Gasteiger partial charge in [0.1, 0.15) is 24.9 Å². The SMILES string of the molecule is CN1CCC[C@H]1C1=CC=C[NH+](C2OC(C(=O)[O-])C(O)C(O)C2O)C1. The van der Waals surface area contributed by atoms with E-state index < -0.39 is 36.6 Å². The van der Waals surface area contributed by atoms with Crippen molar-refractivity contribution in [2.75, 3.05) is 20.1 Å². The summed E-state index contributed by atoms with van der Waals surface area (Å²) in [5.74, 6) is -1.61. The van der Waals surface area contributed by atoms with Crippen LogP contribution in [0.5, 0.6) is 0 Å².